The van der Waals surface area contributed by atoms with Crippen molar-refractivity contribution in [2.45, 2.75) is 20.4 Å². The van der Waals surface area contributed by atoms with Gasteiger partial charge in [0.2, 0.25) is 0 Å². The lowest BCUT2D eigenvalue weighted by atomic mass is 10.1. The van der Waals surface area contributed by atoms with E-state index in [1.807, 2.05) is 36.9 Å². The highest BCUT2D eigenvalue weighted by atomic mass is 16.5. The molecule has 0 radical (unpaired) electrons. The number of carboxylic acid groups (broad SMARTS) is 1. The quantitative estimate of drug-likeness (QED) is 0.583. The summed E-state index contributed by atoms with van der Waals surface area (Å²) in [6.45, 7) is 5.31. The van der Waals surface area contributed by atoms with Crippen LogP contribution in [0.1, 0.15) is 30.0 Å². The fourth-order valence-electron chi connectivity index (χ4n) is 2.80. The number of carbonyl (C=O) groups is 1. The molecule has 7 nitrogen and oxygen atoms in total. The Kier molecular flexibility index (Phi) is 6.16. The number of aromatic nitrogens is 1. The van der Waals surface area contributed by atoms with Crippen molar-refractivity contribution in [2.75, 3.05) is 18.1 Å². The number of oxazole rings is 1. The molecule has 0 fully saturated rings. The van der Waals surface area contributed by atoms with E-state index >= 15 is 0 Å². The summed E-state index contributed by atoms with van der Waals surface area (Å²) >= 11 is 0. The summed E-state index contributed by atoms with van der Waals surface area (Å²) in [5.74, 6) is 1.03. The van der Waals surface area contributed by atoms with Crippen LogP contribution in [0.4, 0.5) is 11.4 Å². The van der Waals surface area contributed by atoms with Crippen molar-refractivity contribution in [3.05, 3.63) is 66.4 Å². The number of carboxylic acids is 1. The van der Waals surface area contributed by atoms with Gasteiger partial charge in [-0.15, -0.1) is 0 Å². The number of ether oxygens (including phenoxy) is 2. The summed E-state index contributed by atoms with van der Waals surface area (Å²) in [7, 11) is 0. The summed E-state index contributed by atoms with van der Waals surface area (Å²) in [5, 5.41) is 9.15. The monoisotopic (exact) mass is 382 g/mol. The number of anilines is 2. The molecule has 0 spiro atoms. The molecule has 3 rings (SSSR count). The van der Waals surface area contributed by atoms with Crippen molar-refractivity contribution in [3.8, 4) is 11.5 Å². The van der Waals surface area contributed by atoms with Crippen LogP contribution in [0.3, 0.4) is 0 Å². The Morgan fingerprint density at radius 1 is 1.04 bits per heavy atom. The fourth-order valence-corrected chi connectivity index (χ4v) is 2.80. The molecule has 0 aliphatic heterocycles. The molecule has 1 aromatic heterocycles. The molecule has 28 heavy (non-hydrogen) atoms. The van der Waals surface area contributed by atoms with Crippen LogP contribution < -0.4 is 14.4 Å². The number of hydrogen-bond acceptors (Lipinski definition) is 6. The average molecular weight is 382 g/mol. The van der Waals surface area contributed by atoms with Gasteiger partial charge >= 0.3 is 5.97 Å². The molecular formula is C21H22N2O5. The maximum atomic E-state index is 11.2. The van der Waals surface area contributed by atoms with E-state index in [2.05, 4.69) is 4.98 Å². The van der Waals surface area contributed by atoms with Crippen molar-refractivity contribution in [3.63, 3.8) is 0 Å². The van der Waals surface area contributed by atoms with E-state index in [1.54, 1.807) is 30.5 Å². The molecule has 0 amide bonds. The van der Waals surface area contributed by atoms with Crippen molar-refractivity contribution in [1.29, 1.82) is 0 Å². The maximum absolute atomic E-state index is 11.2. The maximum Gasteiger partial charge on any atom is 0.335 e. The van der Waals surface area contributed by atoms with Crippen molar-refractivity contribution >= 4 is 17.3 Å². The van der Waals surface area contributed by atoms with Crippen LogP contribution in [0.5, 0.6) is 11.5 Å². The third-order valence-electron chi connectivity index (χ3n) is 4.06. The van der Waals surface area contributed by atoms with Gasteiger partial charge in [0.15, 0.2) is 17.9 Å². The lowest BCUT2D eigenvalue weighted by molar-refractivity contribution is 0.0697. The molecular weight excluding hydrogens is 360 g/mol. The number of aromatic carboxylic acids is 1. The minimum absolute atomic E-state index is 0.227. The number of benzene rings is 2. The number of nitrogens with zero attached hydrogens (tertiary/aromatic N) is 2. The third-order valence-corrected chi connectivity index (χ3v) is 4.06. The van der Waals surface area contributed by atoms with Crippen molar-refractivity contribution in [2.24, 2.45) is 0 Å². The highest BCUT2D eigenvalue weighted by Gasteiger charge is 2.16. The Morgan fingerprint density at radius 2 is 1.71 bits per heavy atom. The van der Waals surface area contributed by atoms with E-state index in [-0.39, 0.29) is 5.56 Å². The molecule has 1 heterocycles. The SMILES string of the molecule is CCOc1ccc(N(Cc2cnco2)c2ccc(C(=O)O)cc2)cc1OCC. The second-order valence-electron chi connectivity index (χ2n) is 5.90. The van der Waals surface area contributed by atoms with Crippen molar-refractivity contribution < 1.29 is 23.8 Å². The largest absolute Gasteiger partial charge is 0.490 e. The zero-order chi connectivity index (χ0) is 19.9. The van der Waals surface area contributed by atoms with Gasteiger partial charge in [0.1, 0.15) is 5.76 Å². The third kappa shape index (κ3) is 4.43. The van der Waals surface area contributed by atoms with E-state index in [0.717, 1.165) is 11.4 Å². The van der Waals surface area contributed by atoms with Gasteiger partial charge in [0.25, 0.3) is 0 Å². The van der Waals surface area contributed by atoms with Gasteiger partial charge in [0, 0.05) is 17.4 Å². The second kappa shape index (κ2) is 8.94. The topological polar surface area (TPSA) is 85.0 Å². The molecule has 2 aromatic carbocycles. The van der Waals surface area contributed by atoms with Gasteiger partial charge in [-0.3, -0.25) is 0 Å². The molecule has 0 saturated heterocycles. The molecule has 146 valence electrons. The molecule has 7 heteroatoms. The summed E-state index contributed by atoms with van der Waals surface area (Å²) in [4.78, 5) is 17.1. The van der Waals surface area contributed by atoms with E-state index in [1.165, 1.54) is 6.39 Å². The molecule has 0 atom stereocenters. The van der Waals surface area contributed by atoms with Gasteiger partial charge in [-0.05, 0) is 50.2 Å². The van der Waals surface area contributed by atoms with E-state index in [4.69, 9.17) is 19.0 Å². The molecule has 0 bridgehead atoms. The van der Waals surface area contributed by atoms with Crippen LogP contribution in [0.15, 0.2) is 59.5 Å². The molecule has 3 aromatic rings. The second-order valence-corrected chi connectivity index (χ2v) is 5.90. The average Bonchev–Trinajstić information content (AvgIpc) is 3.21. The first kappa shape index (κ1) is 19.3. The van der Waals surface area contributed by atoms with Crippen LogP contribution in [-0.2, 0) is 6.54 Å². The first-order chi connectivity index (χ1) is 13.6. The molecule has 0 saturated carbocycles. The Labute approximate surface area is 163 Å². The van der Waals surface area contributed by atoms with Crippen molar-refractivity contribution in [1.82, 2.24) is 4.98 Å². The zero-order valence-corrected chi connectivity index (χ0v) is 15.8. The predicted molar refractivity (Wildman–Crippen MR) is 105 cm³/mol. The number of rotatable bonds is 9. The Morgan fingerprint density at radius 3 is 2.32 bits per heavy atom. The van der Waals surface area contributed by atoms with Crippen LogP contribution in [0.25, 0.3) is 0 Å². The van der Waals surface area contributed by atoms with Gasteiger partial charge < -0.3 is 23.9 Å². The van der Waals surface area contributed by atoms with E-state index in [9.17, 15) is 4.79 Å². The number of hydrogen-bond donors (Lipinski definition) is 1. The summed E-state index contributed by atoms with van der Waals surface area (Å²) in [6.07, 6.45) is 3.03. The standard InChI is InChI=1S/C21H22N2O5/c1-3-26-19-10-9-17(11-20(19)27-4-2)23(13-18-12-22-14-28-18)16-7-5-15(6-8-16)21(24)25/h5-12,14H,3-4,13H2,1-2H3,(H,24,25). The first-order valence-corrected chi connectivity index (χ1v) is 9.00. The first-order valence-electron chi connectivity index (χ1n) is 9.00. The summed E-state index contributed by atoms with van der Waals surface area (Å²) < 4.78 is 16.8. The molecule has 0 aliphatic carbocycles. The summed E-state index contributed by atoms with van der Waals surface area (Å²) in [6, 6.07) is 12.4. The normalized spacial score (nSPS) is 10.5. The zero-order valence-electron chi connectivity index (χ0n) is 15.8. The van der Waals surface area contributed by atoms with E-state index < -0.39 is 5.97 Å². The lowest BCUT2D eigenvalue weighted by Crippen LogP contribution is -2.16. The Hall–Kier alpha value is -3.48. The highest BCUT2D eigenvalue weighted by Crippen LogP contribution is 2.36. The van der Waals surface area contributed by atoms with Crippen LogP contribution >= 0.6 is 0 Å². The van der Waals surface area contributed by atoms with Gasteiger partial charge in [-0.1, -0.05) is 0 Å². The van der Waals surface area contributed by atoms with E-state index in [0.29, 0.717) is 37.0 Å². The van der Waals surface area contributed by atoms with Crippen LogP contribution in [0.2, 0.25) is 0 Å². The predicted octanol–water partition coefficient (Wildman–Crippen LogP) is 4.51. The molecule has 0 aliphatic rings. The van der Waals surface area contributed by atoms with Crippen LogP contribution in [0, 0.1) is 0 Å². The van der Waals surface area contributed by atoms with Gasteiger partial charge in [0.05, 0.1) is 31.5 Å². The molecule has 1 N–H and O–H groups in total. The van der Waals surface area contributed by atoms with Gasteiger partial charge in [-0.25, -0.2) is 9.78 Å². The smallest absolute Gasteiger partial charge is 0.335 e. The highest BCUT2D eigenvalue weighted by molar-refractivity contribution is 5.88. The minimum Gasteiger partial charge on any atom is -0.490 e. The Balaban J connectivity index is 2.00. The van der Waals surface area contributed by atoms with Crippen LogP contribution in [-0.4, -0.2) is 29.3 Å². The lowest BCUT2D eigenvalue weighted by Gasteiger charge is -2.25. The fraction of sp³-hybridized carbons (Fsp3) is 0.238. The minimum atomic E-state index is -0.965. The molecule has 0 unspecified atom stereocenters. The Bertz CT molecular complexity index is 907. The van der Waals surface area contributed by atoms with Gasteiger partial charge in [-0.2, -0.15) is 0 Å². The summed E-state index contributed by atoms with van der Waals surface area (Å²) in [5.41, 5.74) is 1.89.